The normalized spacial score (nSPS) is 12.4. The predicted molar refractivity (Wildman–Crippen MR) is 63.2 cm³/mol. The summed E-state index contributed by atoms with van der Waals surface area (Å²) in [5.74, 6) is -0.357. The first-order valence-corrected chi connectivity index (χ1v) is 5.16. The van der Waals surface area contributed by atoms with Crippen molar-refractivity contribution in [2.45, 2.75) is 6.04 Å². The molecule has 0 aliphatic heterocycles. The zero-order chi connectivity index (χ0) is 12.4. The summed E-state index contributed by atoms with van der Waals surface area (Å²) in [7, 11) is 1.76. The maximum atomic E-state index is 10.8. The third-order valence-electron chi connectivity index (χ3n) is 2.64. The van der Waals surface area contributed by atoms with E-state index >= 15 is 0 Å². The molecule has 0 fully saturated rings. The van der Waals surface area contributed by atoms with E-state index in [1.54, 1.807) is 11.6 Å². The highest BCUT2D eigenvalue weighted by Gasteiger charge is 2.20. The van der Waals surface area contributed by atoms with Gasteiger partial charge in [0, 0.05) is 12.6 Å². The summed E-state index contributed by atoms with van der Waals surface area (Å²) in [6, 6.07) is 8.50. The number of carbonyl (C=O) groups is 1. The van der Waals surface area contributed by atoms with Gasteiger partial charge < -0.3 is 15.4 Å². The van der Waals surface area contributed by atoms with Crippen LogP contribution in [0.1, 0.15) is 11.7 Å². The van der Waals surface area contributed by atoms with Gasteiger partial charge in [-0.15, -0.1) is 0 Å². The molecule has 1 aromatic heterocycles. The molecule has 0 saturated heterocycles. The molecule has 1 aromatic carbocycles. The molecule has 0 radical (unpaired) electrons. The van der Waals surface area contributed by atoms with Crippen LogP contribution in [-0.2, 0) is 11.8 Å². The molecule has 5 heteroatoms. The number of imidazole rings is 1. The van der Waals surface area contributed by atoms with Crippen LogP contribution in [0.5, 0.6) is 0 Å². The molecule has 0 spiro atoms. The zero-order valence-corrected chi connectivity index (χ0v) is 9.37. The second kappa shape index (κ2) is 4.39. The predicted octanol–water partition coefficient (Wildman–Crippen LogP) is 1.17. The number of carboxylic acid groups (broad SMARTS) is 1. The number of nitrogens with zero attached hydrogens (tertiary/aromatic N) is 2. The molecule has 0 amide bonds. The Morgan fingerprint density at radius 2 is 2.06 bits per heavy atom. The van der Waals surface area contributed by atoms with Crippen LogP contribution in [0.15, 0.2) is 36.5 Å². The molecule has 1 heterocycles. The Hall–Kier alpha value is -2.14. The third-order valence-corrected chi connectivity index (χ3v) is 2.64. The Morgan fingerprint density at radius 3 is 2.65 bits per heavy atom. The van der Waals surface area contributed by atoms with Crippen molar-refractivity contribution in [3.8, 4) is 11.4 Å². The van der Waals surface area contributed by atoms with Crippen LogP contribution in [0.4, 0.5) is 0 Å². The molecule has 0 bridgehead atoms. The van der Waals surface area contributed by atoms with E-state index < -0.39 is 12.0 Å². The van der Waals surface area contributed by atoms with Crippen molar-refractivity contribution in [3.63, 3.8) is 0 Å². The maximum Gasteiger partial charge on any atom is 0.326 e. The molecule has 0 aliphatic rings. The van der Waals surface area contributed by atoms with Crippen LogP contribution in [-0.4, -0.2) is 20.6 Å². The van der Waals surface area contributed by atoms with Gasteiger partial charge in [0.15, 0.2) is 0 Å². The van der Waals surface area contributed by atoms with E-state index in [2.05, 4.69) is 4.98 Å². The van der Waals surface area contributed by atoms with Gasteiger partial charge in [0.1, 0.15) is 11.9 Å². The van der Waals surface area contributed by atoms with Crippen LogP contribution in [0.3, 0.4) is 0 Å². The highest BCUT2D eigenvalue weighted by molar-refractivity contribution is 5.75. The lowest BCUT2D eigenvalue weighted by atomic mass is 10.2. The molecule has 17 heavy (non-hydrogen) atoms. The van der Waals surface area contributed by atoms with Gasteiger partial charge in [-0.25, -0.2) is 4.98 Å². The summed E-state index contributed by atoms with van der Waals surface area (Å²) in [5.41, 5.74) is 6.98. The van der Waals surface area contributed by atoms with E-state index in [9.17, 15) is 4.79 Å². The number of carboxylic acids is 1. The molecule has 3 N–H and O–H groups in total. The summed E-state index contributed by atoms with van der Waals surface area (Å²) in [4.78, 5) is 15.0. The standard InChI is InChI=1S/C12H13N3O2/c1-15-9(10(13)12(16)17)7-14-11(15)8-5-3-2-4-6-8/h2-7,10H,13H2,1H3,(H,16,17). The number of hydrogen-bond donors (Lipinski definition) is 2. The first-order valence-electron chi connectivity index (χ1n) is 5.16. The molecule has 1 unspecified atom stereocenters. The van der Waals surface area contributed by atoms with Gasteiger partial charge in [0.05, 0.1) is 11.9 Å². The van der Waals surface area contributed by atoms with Gasteiger partial charge in [-0.1, -0.05) is 30.3 Å². The zero-order valence-electron chi connectivity index (χ0n) is 9.37. The van der Waals surface area contributed by atoms with Crippen molar-refractivity contribution in [1.29, 1.82) is 0 Å². The fourth-order valence-corrected chi connectivity index (χ4v) is 1.69. The molecule has 0 aliphatic carbocycles. The molecular weight excluding hydrogens is 218 g/mol. The Kier molecular flexibility index (Phi) is 2.93. The molecular formula is C12H13N3O2. The van der Waals surface area contributed by atoms with Gasteiger partial charge in [0.2, 0.25) is 0 Å². The van der Waals surface area contributed by atoms with E-state index in [4.69, 9.17) is 10.8 Å². The molecule has 2 aromatic rings. The lowest BCUT2D eigenvalue weighted by molar-refractivity contribution is -0.138. The molecule has 5 nitrogen and oxygen atoms in total. The maximum absolute atomic E-state index is 10.8. The average Bonchev–Trinajstić information content (AvgIpc) is 2.71. The molecule has 2 rings (SSSR count). The van der Waals surface area contributed by atoms with Crippen molar-refractivity contribution in [3.05, 3.63) is 42.2 Å². The number of nitrogens with two attached hydrogens (primary N) is 1. The number of aliphatic carboxylic acids is 1. The largest absolute Gasteiger partial charge is 0.480 e. The highest BCUT2D eigenvalue weighted by Crippen LogP contribution is 2.20. The molecule has 0 saturated carbocycles. The van der Waals surface area contributed by atoms with Crippen molar-refractivity contribution in [1.82, 2.24) is 9.55 Å². The van der Waals surface area contributed by atoms with E-state index in [0.29, 0.717) is 11.5 Å². The average molecular weight is 231 g/mol. The number of aromatic nitrogens is 2. The molecule has 88 valence electrons. The summed E-state index contributed by atoms with van der Waals surface area (Å²) in [5, 5.41) is 8.87. The monoisotopic (exact) mass is 231 g/mol. The quantitative estimate of drug-likeness (QED) is 0.830. The lowest BCUT2D eigenvalue weighted by Crippen LogP contribution is -2.23. The first kappa shape index (κ1) is 11.3. The third kappa shape index (κ3) is 2.05. The number of benzene rings is 1. The fraction of sp³-hybridized carbons (Fsp3) is 0.167. The summed E-state index contributed by atoms with van der Waals surface area (Å²) in [6.07, 6.45) is 1.50. The van der Waals surface area contributed by atoms with Gasteiger partial charge in [-0.3, -0.25) is 4.79 Å². The van der Waals surface area contributed by atoms with Crippen LogP contribution in [0.25, 0.3) is 11.4 Å². The van der Waals surface area contributed by atoms with Gasteiger partial charge in [0.25, 0.3) is 0 Å². The minimum Gasteiger partial charge on any atom is -0.480 e. The first-order chi connectivity index (χ1) is 8.11. The minimum atomic E-state index is -1.06. The van der Waals surface area contributed by atoms with E-state index in [0.717, 1.165) is 5.56 Å². The summed E-state index contributed by atoms with van der Waals surface area (Å²) in [6.45, 7) is 0. The van der Waals surface area contributed by atoms with Crippen molar-refractivity contribution < 1.29 is 9.90 Å². The SMILES string of the molecule is Cn1c(C(N)C(=O)O)cnc1-c1ccccc1. The van der Waals surface area contributed by atoms with Crippen LogP contribution < -0.4 is 5.73 Å². The number of hydrogen-bond acceptors (Lipinski definition) is 3. The van der Waals surface area contributed by atoms with E-state index in [1.165, 1.54) is 6.20 Å². The van der Waals surface area contributed by atoms with Gasteiger partial charge in [-0.2, -0.15) is 0 Å². The van der Waals surface area contributed by atoms with Crippen molar-refractivity contribution in [2.24, 2.45) is 12.8 Å². The second-order valence-electron chi connectivity index (χ2n) is 3.75. The van der Waals surface area contributed by atoms with Crippen LogP contribution in [0.2, 0.25) is 0 Å². The second-order valence-corrected chi connectivity index (χ2v) is 3.75. The Balaban J connectivity index is 2.43. The van der Waals surface area contributed by atoms with Crippen LogP contribution >= 0.6 is 0 Å². The van der Waals surface area contributed by atoms with Crippen molar-refractivity contribution >= 4 is 5.97 Å². The van der Waals surface area contributed by atoms with Crippen molar-refractivity contribution in [2.75, 3.05) is 0 Å². The molecule has 1 atom stereocenters. The lowest BCUT2D eigenvalue weighted by Gasteiger charge is -2.09. The van der Waals surface area contributed by atoms with Gasteiger partial charge in [-0.05, 0) is 0 Å². The Labute approximate surface area is 98.5 Å². The summed E-state index contributed by atoms with van der Waals surface area (Å²) < 4.78 is 1.70. The van der Waals surface area contributed by atoms with Gasteiger partial charge >= 0.3 is 5.97 Å². The minimum absolute atomic E-state index is 0.483. The number of rotatable bonds is 3. The van der Waals surface area contributed by atoms with E-state index in [-0.39, 0.29) is 0 Å². The highest BCUT2D eigenvalue weighted by atomic mass is 16.4. The fourth-order valence-electron chi connectivity index (χ4n) is 1.69. The van der Waals surface area contributed by atoms with Crippen LogP contribution in [0, 0.1) is 0 Å². The Morgan fingerprint density at radius 1 is 1.41 bits per heavy atom. The smallest absolute Gasteiger partial charge is 0.326 e. The Bertz CT molecular complexity index is 534. The summed E-state index contributed by atoms with van der Waals surface area (Å²) >= 11 is 0. The van der Waals surface area contributed by atoms with E-state index in [1.807, 2.05) is 30.3 Å². The topological polar surface area (TPSA) is 81.1 Å².